The summed E-state index contributed by atoms with van der Waals surface area (Å²) in [6, 6.07) is 21.5. The molecule has 0 aliphatic heterocycles. The van der Waals surface area contributed by atoms with Gasteiger partial charge < -0.3 is 4.52 Å². The van der Waals surface area contributed by atoms with Gasteiger partial charge in [0.05, 0.1) is 16.2 Å². The molecule has 4 heteroatoms. The summed E-state index contributed by atoms with van der Waals surface area (Å²) in [6.07, 6.45) is 0. The van der Waals surface area contributed by atoms with Crippen molar-refractivity contribution in [1.82, 2.24) is 0 Å². The zero-order chi connectivity index (χ0) is 18.7. The number of carbonyl (C=O) groups is 1. The van der Waals surface area contributed by atoms with Crippen molar-refractivity contribution in [2.75, 3.05) is 0 Å². The molecule has 0 amide bonds. The fraction of sp³-hybridized carbons (Fsp3) is 0.136. The van der Waals surface area contributed by atoms with Crippen molar-refractivity contribution in [2.24, 2.45) is 0 Å². The first-order valence-corrected chi connectivity index (χ1v) is 10.1. The summed E-state index contributed by atoms with van der Waals surface area (Å²) in [5, 5.41) is 1.11. The Morgan fingerprint density at radius 2 is 1.31 bits per heavy atom. The van der Waals surface area contributed by atoms with E-state index < -0.39 is 13.3 Å². The van der Waals surface area contributed by atoms with Crippen LogP contribution in [-0.4, -0.2) is 5.97 Å². The van der Waals surface area contributed by atoms with Gasteiger partial charge in [-0.25, -0.2) is 4.79 Å². The molecular weight excluding hydrogens is 343 g/mol. The van der Waals surface area contributed by atoms with Crippen molar-refractivity contribution in [3.63, 3.8) is 0 Å². The van der Waals surface area contributed by atoms with Gasteiger partial charge in [-0.1, -0.05) is 54.1 Å². The molecule has 0 saturated carbocycles. The van der Waals surface area contributed by atoms with Gasteiger partial charge in [0.15, 0.2) is 0 Å². The first-order chi connectivity index (χ1) is 12.4. The Bertz CT molecular complexity index is 956. The topological polar surface area (TPSA) is 43.4 Å². The Hall–Kier alpha value is -2.64. The van der Waals surface area contributed by atoms with E-state index in [4.69, 9.17) is 4.52 Å². The van der Waals surface area contributed by atoms with Crippen LogP contribution in [0.25, 0.3) is 0 Å². The van der Waals surface area contributed by atoms with Crippen LogP contribution in [0.15, 0.2) is 72.8 Å². The lowest BCUT2D eigenvalue weighted by atomic mass is 10.1. The van der Waals surface area contributed by atoms with Gasteiger partial charge in [0.2, 0.25) is 0 Å². The van der Waals surface area contributed by atoms with Gasteiger partial charge in [0, 0.05) is 0 Å². The summed E-state index contributed by atoms with van der Waals surface area (Å²) in [4.78, 5) is 12.7. The smallest absolute Gasteiger partial charge is 0.343 e. The molecule has 0 bridgehead atoms. The molecule has 0 heterocycles. The summed E-state index contributed by atoms with van der Waals surface area (Å²) in [5.74, 6) is -0.586. The summed E-state index contributed by atoms with van der Waals surface area (Å²) < 4.78 is 19.8. The third-order valence-electron chi connectivity index (χ3n) is 4.25. The minimum atomic E-state index is -3.59. The standard InChI is InChI=1S/C22H21O3P/c1-16-14-17(2)21(18(3)15-16)26(24,20-12-8-5-9-13-20)25-22(23)19-10-6-4-7-11-19/h4-15H,1-3H3. The highest BCUT2D eigenvalue weighted by atomic mass is 31.2. The molecule has 0 saturated heterocycles. The number of rotatable bonds is 4. The third kappa shape index (κ3) is 3.49. The fourth-order valence-corrected chi connectivity index (χ4v) is 5.65. The van der Waals surface area contributed by atoms with Crippen LogP contribution in [0, 0.1) is 20.8 Å². The van der Waals surface area contributed by atoms with E-state index in [2.05, 4.69) is 0 Å². The van der Waals surface area contributed by atoms with Gasteiger partial charge in [0.1, 0.15) is 0 Å². The number of carbonyl (C=O) groups excluding carboxylic acids is 1. The minimum Gasteiger partial charge on any atom is -0.401 e. The predicted octanol–water partition coefficient (Wildman–Crippen LogP) is 4.70. The van der Waals surface area contributed by atoms with Crippen molar-refractivity contribution in [2.45, 2.75) is 20.8 Å². The Morgan fingerprint density at radius 3 is 1.85 bits per heavy atom. The first kappa shape index (κ1) is 18.2. The highest BCUT2D eigenvalue weighted by Crippen LogP contribution is 2.47. The van der Waals surface area contributed by atoms with E-state index in [1.54, 1.807) is 48.5 Å². The monoisotopic (exact) mass is 364 g/mol. The van der Waals surface area contributed by atoms with Gasteiger partial charge in [-0.15, -0.1) is 0 Å². The second kappa shape index (κ2) is 7.31. The van der Waals surface area contributed by atoms with Crippen LogP contribution < -0.4 is 10.6 Å². The normalized spacial score (nSPS) is 13.0. The van der Waals surface area contributed by atoms with Gasteiger partial charge >= 0.3 is 13.3 Å². The van der Waals surface area contributed by atoms with Gasteiger partial charge in [-0.3, -0.25) is 4.57 Å². The molecule has 0 aliphatic rings. The lowest BCUT2D eigenvalue weighted by molar-refractivity contribution is 0.0747. The summed E-state index contributed by atoms with van der Waals surface area (Å²) in [5.41, 5.74) is 3.18. The zero-order valence-electron chi connectivity index (χ0n) is 15.1. The maximum atomic E-state index is 14.1. The predicted molar refractivity (Wildman–Crippen MR) is 106 cm³/mol. The van der Waals surface area contributed by atoms with E-state index >= 15 is 0 Å². The molecule has 3 nitrogen and oxygen atoms in total. The van der Waals surface area contributed by atoms with Crippen molar-refractivity contribution in [3.8, 4) is 0 Å². The number of hydrogen-bond acceptors (Lipinski definition) is 3. The number of benzene rings is 3. The number of hydrogen-bond donors (Lipinski definition) is 0. The van der Waals surface area contributed by atoms with Crippen LogP contribution in [0.3, 0.4) is 0 Å². The van der Waals surface area contributed by atoms with E-state index in [9.17, 15) is 9.36 Å². The van der Waals surface area contributed by atoms with E-state index in [-0.39, 0.29) is 0 Å². The summed E-state index contributed by atoms with van der Waals surface area (Å²) in [6.45, 7) is 5.80. The lowest BCUT2D eigenvalue weighted by Gasteiger charge is -2.23. The molecule has 1 atom stereocenters. The Labute approximate surface area is 154 Å². The van der Waals surface area contributed by atoms with Crippen LogP contribution in [0.4, 0.5) is 0 Å². The molecule has 3 aromatic rings. The highest BCUT2D eigenvalue weighted by Gasteiger charge is 2.35. The average molecular weight is 364 g/mol. The van der Waals surface area contributed by atoms with Gasteiger partial charge in [-0.2, -0.15) is 0 Å². The van der Waals surface area contributed by atoms with E-state index in [1.807, 2.05) is 45.0 Å². The molecule has 3 aromatic carbocycles. The van der Waals surface area contributed by atoms with Gasteiger partial charge in [0.25, 0.3) is 0 Å². The molecule has 0 radical (unpaired) electrons. The molecule has 0 N–H and O–H groups in total. The zero-order valence-corrected chi connectivity index (χ0v) is 16.0. The molecular formula is C22H21O3P. The van der Waals surface area contributed by atoms with Crippen molar-refractivity contribution in [1.29, 1.82) is 0 Å². The summed E-state index contributed by atoms with van der Waals surface area (Å²) in [7, 11) is -3.59. The Kier molecular flexibility index (Phi) is 5.11. The maximum absolute atomic E-state index is 14.1. The van der Waals surface area contributed by atoms with E-state index in [1.165, 1.54) is 0 Å². The van der Waals surface area contributed by atoms with Gasteiger partial charge in [-0.05, 0) is 56.2 Å². The van der Waals surface area contributed by atoms with E-state index in [0.29, 0.717) is 16.2 Å². The average Bonchev–Trinajstić information content (AvgIpc) is 2.62. The fourth-order valence-electron chi connectivity index (χ4n) is 3.23. The molecule has 0 aromatic heterocycles. The number of aryl methyl sites for hydroxylation is 3. The van der Waals surface area contributed by atoms with E-state index in [0.717, 1.165) is 16.7 Å². The Morgan fingerprint density at radius 1 is 0.808 bits per heavy atom. The van der Waals surface area contributed by atoms with Crippen LogP contribution in [0.2, 0.25) is 0 Å². The van der Waals surface area contributed by atoms with Crippen LogP contribution in [-0.2, 0) is 9.09 Å². The highest BCUT2D eigenvalue weighted by molar-refractivity contribution is 7.75. The van der Waals surface area contributed by atoms with Crippen molar-refractivity contribution >= 4 is 23.9 Å². The molecule has 0 fully saturated rings. The summed E-state index contributed by atoms with van der Waals surface area (Å²) >= 11 is 0. The Balaban J connectivity index is 2.16. The van der Waals surface area contributed by atoms with Crippen molar-refractivity contribution in [3.05, 3.63) is 95.1 Å². The SMILES string of the molecule is Cc1cc(C)c(P(=O)(OC(=O)c2ccccc2)c2ccccc2)c(C)c1. The largest absolute Gasteiger partial charge is 0.401 e. The molecule has 0 spiro atoms. The molecule has 3 rings (SSSR count). The molecule has 132 valence electrons. The molecule has 0 aliphatic carbocycles. The van der Waals surface area contributed by atoms with Crippen LogP contribution in [0.1, 0.15) is 27.0 Å². The second-order valence-electron chi connectivity index (χ2n) is 6.38. The van der Waals surface area contributed by atoms with Crippen LogP contribution in [0.5, 0.6) is 0 Å². The van der Waals surface area contributed by atoms with Crippen LogP contribution >= 0.6 is 7.37 Å². The minimum absolute atomic E-state index is 0.381. The second-order valence-corrected chi connectivity index (χ2v) is 8.63. The third-order valence-corrected chi connectivity index (χ3v) is 6.94. The van der Waals surface area contributed by atoms with Crippen molar-refractivity contribution < 1.29 is 13.9 Å². The maximum Gasteiger partial charge on any atom is 0.343 e. The first-order valence-electron chi connectivity index (χ1n) is 8.45. The molecule has 1 unspecified atom stereocenters. The lowest BCUT2D eigenvalue weighted by Crippen LogP contribution is -2.25. The quantitative estimate of drug-likeness (QED) is 0.631. The molecule has 26 heavy (non-hydrogen) atoms.